The van der Waals surface area contributed by atoms with Crippen molar-refractivity contribution in [2.24, 2.45) is 0 Å². The van der Waals surface area contributed by atoms with Gasteiger partial charge in [-0.25, -0.2) is 9.78 Å². The van der Waals surface area contributed by atoms with Gasteiger partial charge < -0.3 is 14.5 Å². The van der Waals surface area contributed by atoms with Crippen molar-refractivity contribution in [2.45, 2.75) is 33.6 Å². The number of hydrogen-bond donors (Lipinski definition) is 1. The summed E-state index contributed by atoms with van der Waals surface area (Å²) in [5.74, 6) is -0.549. The van der Waals surface area contributed by atoms with E-state index >= 15 is 0 Å². The van der Waals surface area contributed by atoms with E-state index in [4.69, 9.17) is 4.74 Å². The summed E-state index contributed by atoms with van der Waals surface area (Å²) in [5, 5.41) is 3.39. The van der Waals surface area contributed by atoms with Crippen molar-refractivity contribution in [3.05, 3.63) is 52.3 Å². The van der Waals surface area contributed by atoms with Crippen LogP contribution in [0.3, 0.4) is 0 Å². The molecule has 0 atom stereocenters. The van der Waals surface area contributed by atoms with Crippen molar-refractivity contribution in [1.29, 1.82) is 0 Å². The summed E-state index contributed by atoms with van der Waals surface area (Å²) in [6.45, 7) is 5.90. The predicted octanol–water partition coefficient (Wildman–Crippen LogP) is 3.76. The minimum atomic E-state index is -0.412. The number of aryl methyl sites for hydroxylation is 3. The molecule has 136 valence electrons. The van der Waals surface area contributed by atoms with E-state index in [1.54, 1.807) is 13.0 Å². The van der Waals surface area contributed by atoms with Gasteiger partial charge in [-0.2, -0.15) is 0 Å². The fourth-order valence-corrected chi connectivity index (χ4v) is 3.77. The number of carbonyl (C=O) groups excluding carboxylic acids is 2. The summed E-state index contributed by atoms with van der Waals surface area (Å²) in [7, 11) is 0. The lowest BCUT2D eigenvalue weighted by Gasteiger charge is -2.07. The predicted molar refractivity (Wildman–Crippen MR) is 102 cm³/mol. The van der Waals surface area contributed by atoms with E-state index in [2.05, 4.69) is 10.3 Å². The minimum Gasteiger partial charge on any atom is -0.462 e. The van der Waals surface area contributed by atoms with E-state index in [0.717, 1.165) is 21.9 Å². The topological polar surface area (TPSA) is 72.7 Å². The molecule has 0 unspecified atom stereocenters. The molecule has 3 aromatic heterocycles. The van der Waals surface area contributed by atoms with E-state index in [1.165, 1.54) is 11.3 Å². The number of carbonyl (C=O) groups is 2. The number of fused-ring (bicyclic) bond motifs is 1. The Balaban J connectivity index is 1.70. The number of anilines is 1. The molecular weight excluding hydrogens is 350 g/mol. The number of rotatable bonds is 6. The zero-order valence-electron chi connectivity index (χ0n) is 15.0. The van der Waals surface area contributed by atoms with Crippen LogP contribution >= 0.6 is 11.3 Å². The van der Waals surface area contributed by atoms with Gasteiger partial charge in [0.15, 0.2) is 0 Å². The molecule has 0 aliphatic carbocycles. The standard InChI is InChI=1S/C19H21N3O3S/c1-4-25-19(24)14-11-12(2)26-18(14)21-17(23)9-8-15-13(3)20-16-7-5-6-10-22(15)16/h5-7,10-11H,4,8-9H2,1-3H3,(H,21,23). The Morgan fingerprint density at radius 1 is 1.31 bits per heavy atom. The Bertz CT molecular complexity index is 958. The number of amides is 1. The lowest BCUT2D eigenvalue weighted by Crippen LogP contribution is -2.15. The van der Waals surface area contributed by atoms with Crippen LogP contribution in [-0.4, -0.2) is 27.9 Å². The second-order valence-electron chi connectivity index (χ2n) is 5.94. The van der Waals surface area contributed by atoms with Crippen LogP contribution in [0.4, 0.5) is 5.00 Å². The van der Waals surface area contributed by atoms with Crippen LogP contribution in [0.2, 0.25) is 0 Å². The summed E-state index contributed by atoms with van der Waals surface area (Å²) in [5.41, 5.74) is 3.22. The molecule has 0 bridgehead atoms. The molecule has 0 saturated carbocycles. The monoisotopic (exact) mass is 371 g/mol. The van der Waals surface area contributed by atoms with Crippen LogP contribution < -0.4 is 5.32 Å². The smallest absolute Gasteiger partial charge is 0.341 e. The third kappa shape index (κ3) is 3.77. The minimum absolute atomic E-state index is 0.136. The molecule has 0 spiro atoms. The molecule has 0 aliphatic heterocycles. The largest absolute Gasteiger partial charge is 0.462 e. The number of nitrogens with zero attached hydrogens (tertiary/aromatic N) is 2. The number of nitrogens with one attached hydrogen (secondary N) is 1. The Hall–Kier alpha value is -2.67. The summed E-state index contributed by atoms with van der Waals surface area (Å²) in [6, 6.07) is 7.57. The first-order valence-corrected chi connectivity index (χ1v) is 9.31. The summed E-state index contributed by atoms with van der Waals surface area (Å²) in [6.07, 6.45) is 2.83. The maximum Gasteiger partial charge on any atom is 0.341 e. The number of thiophene rings is 1. The van der Waals surface area contributed by atoms with Crippen LogP contribution in [0.5, 0.6) is 0 Å². The van der Waals surface area contributed by atoms with Crippen molar-refractivity contribution >= 4 is 33.9 Å². The Labute approximate surface area is 155 Å². The van der Waals surface area contributed by atoms with Crippen LogP contribution in [0.1, 0.15) is 40.0 Å². The highest BCUT2D eigenvalue weighted by molar-refractivity contribution is 7.16. The lowest BCUT2D eigenvalue weighted by atomic mass is 10.2. The lowest BCUT2D eigenvalue weighted by molar-refractivity contribution is -0.116. The Kier molecular flexibility index (Phi) is 5.37. The van der Waals surface area contributed by atoms with Gasteiger partial charge in [-0.1, -0.05) is 6.07 Å². The zero-order valence-corrected chi connectivity index (χ0v) is 15.9. The number of hydrogen-bond acceptors (Lipinski definition) is 5. The van der Waals surface area contributed by atoms with Gasteiger partial charge >= 0.3 is 5.97 Å². The molecule has 3 aromatic rings. The van der Waals surface area contributed by atoms with E-state index in [-0.39, 0.29) is 5.91 Å². The average Bonchev–Trinajstić information content (AvgIpc) is 3.12. The first-order chi connectivity index (χ1) is 12.5. The molecule has 0 aliphatic rings. The SMILES string of the molecule is CCOC(=O)c1cc(C)sc1NC(=O)CCc1c(C)nc2ccccn12. The Morgan fingerprint density at radius 3 is 2.88 bits per heavy atom. The van der Waals surface area contributed by atoms with Gasteiger partial charge in [-0.05, 0) is 45.4 Å². The van der Waals surface area contributed by atoms with Crippen LogP contribution in [0.15, 0.2) is 30.5 Å². The average molecular weight is 371 g/mol. The third-order valence-electron chi connectivity index (χ3n) is 4.02. The molecule has 3 rings (SSSR count). The number of aromatic nitrogens is 2. The molecule has 1 N–H and O–H groups in total. The third-order valence-corrected chi connectivity index (χ3v) is 4.99. The number of ether oxygens (including phenoxy) is 1. The zero-order chi connectivity index (χ0) is 18.7. The maximum absolute atomic E-state index is 12.4. The normalized spacial score (nSPS) is 10.9. The highest BCUT2D eigenvalue weighted by Crippen LogP contribution is 2.28. The molecule has 3 heterocycles. The summed E-state index contributed by atoms with van der Waals surface area (Å²) in [4.78, 5) is 29.9. The molecule has 0 radical (unpaired) electrons. The molecular formula is C19H21N3O3S. The molecule has 0 saturated heterocycles. The number of pyridine rings is 1. The van der Waals surface area contributed by atoms with Crippen molar-refractivity contribution in [1.82, 2.24) is 9.38 Å². The van der Waals surface area contributed by atoms with Gasteiger partial charge in [-0.15, -0.1) is 11.3 Å². The molecule has 6 nitrogen and oxygen atoms in total. The van der Waals surface area contributed by atoms with Gasteiger partial charge in [0.1, 0.15) is 10.6 Å². The van der Waals surface area contributed by atoms with E-state index in [9.17, 15) is 9.59 Å². The molecule has 0 fully saturated rings. The first kappa shape index (κ1) is 18.1. The second kappa shape index (κ2) is 7.70. The van der Waals surface area contributed by atoms with Gasteiger partial charge in [0.2, 0.25) is 5.91 Å². The van der Waals surface area contributed by atoms with Gasteiger partial charge in [-0.3, -0.25) is 4.79 Å². The summed E-state index contributed by atoms with van der Waals surface area (Å²) >= 11 is 1.38. The fraction of sp³-hybridized carbons (Fsp3) is 0.316. The van der Waals surface area contributed by atoms with E-state index in [1.807, 2.05) is 42.6 Å². The first-order valence-electron chi connectivity index (χ1n) is 8.49. The number of imidazole rings is 1. The highest BCUT2D eigenvalue weighted by atomic mass is 32.1. The van der Waals surface area contributed by atoms with Gasteiger partial charge in [0.05, 0.1) is 17.9 Å². The quantitative estimate of drug-likeness (QED) is 0.670. The Morgan fingerprint density at radius 2 is 2.12 bits per heavy atom. The van der Waals surface area contributed by atoms with Gasteiger partial charge in [0, 0.05) is 23.2 Å². The fourth-order valence-electron chi connectivity index (χ4n) is 2.85. The van der Waals surface area contributed by atoms with Crippen molar-refractivity contribution < 1.29 is 14.3 Å². The second-order valence-corrected chi connectivity index (χ2v) is 7.20. The van der Waals surface area contributed by atoms with Crippen molar-refractivity contribution in [2.75, 3.05) is 11.9 Å². The van der Waals surface area contributed by atoms with Crippen molar-refractivity contribution in [3.63, 3.8) is 0 Å². The molecule has 7 heteroatoms. The van der Waals surface area contributed by atoms with Crippen LogP contribution in [-0.2, 0) is 16.0 Å². The van der Waals surface area contributed by atoms with Crippen LogP contribution in [0.25, 0.3) is 5.65 Å². The van der Waals surface area contributed by atoms with E-state index in [0.29, 0.717) is 30.0 Å². The number of esters is 1. The molecule has 26 heavy (non-hydrogen) atoms. The van der Waals surface area contributed by atoms with Gasteiger partial charge in [0.25, 0.3) is 0 Å². The van der Waals surface area contributed by atoms with Crippen LogP contribution in [0, 0.1) is 13.8 Å². The molecule has 1 amide bonds. The van der Waals surface area contributed by atoms with E-state index < -0.39 is 5.97 Å². The molecule has 0 aromatic carbocycles. The summed E-state index contributed by atoms with van der Waals surface area (Å²) < 4.78 is 7.05. The maximum atomic E-state index is 12.4. The highest BCUT2D eigenvalue weighted by Gasteiger charge is 2.18. The van der Waals surface area contributed by atoms with Crippen molar-refractivity contribution in [3.8, 4) is 0 Å².